The van der Waals surface area contributed by atoms with Gasteiger partial charge in [0.15, 0.2) is 31.5 Å². The fourth-order valence-corrected chi connectivity index (χ4v) is 16.8. The predicted octanol–water partition coefficient (Wildman–Crippen LogP) is -5.20. The first kappa shape index (κ1) is 71.6. The Hall–Kier alpha value is -1.71. The van der Waals surface area contributed by atoms with Gasteiger partial charge in [-0.25, -0.2) is 0 Å². The molecule has 3 saturated carbocycles. The molecule has 9 rings (SSSR count). The Labute approximate surface area is 516 Å². The van der Waals surface area contributed by atoms with Gasteiger partial charge in [-0.05, 0) is 93.3 Å². The molecule has 8 fully saturated rings. The Balaban J connectivity index is 0.885. The fraction of sp³-hybridized carbons (Fsp3) is 0.950. The third-order valence-electron chi connectivity index (χ3n) is 22.6. The molecule has 0 radical (unpaired) electrons. The Morgan fingerprint density at radius 2 is 1.00 bits per heavy atom. The molecule has 0 aromatic carbocycles. The molecular weight excluding hydrogens is 1180 g/mol. The minimum absolute atomic E-state index is 0.00532. The molecule has 0 spiro atoms. The highest BCUT2D eigenvalue weighted by atomic mass is 16.8. The summed E-state index contributed by atoms with van der Waals surface area (Å²) in [6.45, 7) is 12.0. The number of rotatable bonds is 20. The molecule has 0 aromatic heterocycles. The van der Waals surface area contributed by atoms with Gasteiger partial charge in [-0.1, -0.05) is 53.2 Å². The van der Waals surface area contributed by atoms with Crippen molar-refractivity contribution in [2.75, 3.05) is 33.0 Å². The standard InChI is InChI=1S/C60H100O29/c1-23(9-13-35(57(4,5)79)87-55-50(89-54-47(77)42(72)38(68)29(20-63)83-54)43(73)39(69)31(85-55)22-80-51-45(75)40(70)36(66)27(18-61)81-51)24-15-16-58(6)32-12-10-25-26(60(32,8)33(65)17-59(24,58)7)11-14-34(56(25,2)3)86-52-48(78)44(74)49(30(21-64)84-52)88-53-46(76)41(71)37(67)28(19-62)82-53/h10,23-24,26-32,34-55,61-64,66-79H,9,11-22H2,1-8H3/t23-,24?,26?,27-,28-,29-,30-,31-,32?,34+,35-,36-,37-,38-,39-,40+,41+,42+,43+,44-,45-,46-,47-,48-,49-,50-,51+,52+,53+,54+,55+,58+,59-,60+/m1/s1. The van der Waals surface area contributed by atoms with Crippen molar-refractivity contribution in [3.63, 3.8) is 0 Å². The minimum atomic E-state index is -1.97. The fourth-order valence-electron chi connectivity index (χ4n) is 16.8. The lowest BCUT2D eigenvalue weighted by molar-refractivity contribution is -0.380. The van der Waals surface area contributed by atoms with Gasteiger partial charge < -0.3 is 139 Å². The molecule has 18 N–H and O–H groups in total. The number of fused-ring (bicyclic) bond motifs is 5. The van der Waals surface area contributed by atoms with Gasteiger partial charge in [0.2, 0.25) is 0 Å². The van der Waals surface area contributed by atoms with E-state index in [-0.39, 0.29) is 47.7 Å². The first-order valence-corrected chi connectivity index (χ1v) is 31.4. The van der Waals surface area contributed by atoms with E-state index in [1.165, 1.54) is 13.8 Å². The van der Waals surface area contributed by atoms with Crippen LogP contribution in [0.4, 0.5) is 0 Å². The van der Waals surface area contributed by atoms with Gasteiger partial charge in [-0.2, -0.15) is 0 Å². The largest absolute Gasteiger partial charge is 0.394 e. The van der Waals surface area contributed by atoms with Crippen molar-refractivity contribution >= 4 is 5.78 Å². The van der Waals surface area contributed by atoms with Crippen LogP contribution >= 0.6 is 0 Å². The molecule has 29 nitrogen and oxygen atoms in total. The zero-order valence-electron chi connectivity index (χ0n) is 51.7. The first-order valence-electron chi connectivity index (χ1n) is 31.4. The van der Waals surface area contributed by atoms with E-state index in [2.05, 4.69) is 33.8 Å². The maximum Gasteiger partial charge on any atom is 0.187 e. The normalized spacial score (nSPS) is 51.0. The molecule has 0 amide bonds. The van der Waals surface area contributed by atoms with Crippen molar-refractivity contribution in [2.45, 2.75) is 278 Å². The number of hydrogen-bond acceptors (Lipinski definition) is 29. The molecule has 5 aliphatic heterocycles. The SMILES string of the molecule is C[C@H](CC[C@@H](O[C@@H]1O[C@H](CO[C@H]2O[C@H](CO)[C@@H](O)[C@H](O)[C@H]2O)[C@@H](O)[C@H](O)[C@H]1O[C@@H]1O[C@H](CO)[C@@H](O)[C@H](O)[C@H]1O)C(C)(C)O)C1CC[C@@]2(C)C3CC=C4C(CC[C@H](O[C@@H]5O[C@H](CO)[C@@H](O[C@@H]6O[C@H](CO)[C@@H](O)[C@H](O)[C@H]6O)[C@H](O)[C@H]5O)C4(C)C)[C@]3(C)C(=O)C[C@]12C. The highest BCUT2D eigenvalue weighted by Crippen LogP contribution is 2.74. The number of allylic oxidation sites excluding steroid dienone is 1. The van der Waals surface area contributed by atoms with E-state index in [1.54, 1.807) is 0 Å². The lowest BCUT2D eigenvalue weighted by Gasteiger charge is -2.65. The summed E-state index contributed by atoms with van der Waals surface area (Å²) in [5.74, 6) is -0.178. The van der Waals surface area contributed by atoms with E-state index >= 15 is 4.79 Å². The summed E-state index contributed by atoms with van der Waals surface area (Å²) in [6.07, 6.45) is -37.7. The number of carbonyl (C=O) groups excluding carboxylic acids is 1. The van der Waals surface area contributed by atoms with Gasteiger partial charge in [0.05, 0.1) is 50.8 Å². The average Bonchev–Trinajstić information content (AvgIpc) is 1.66. The number of carbonyl (C=O) groups is 1. The highest BCUT2D eigenvalue weighted by Gasteiger charge is 2.71. The molecule has 514 valence electrons. The van der Waals surface area contributed by atoms with Gasteiger partial charge in [0.25, 0.3) is 0 Å². The van der Waals surface area contributed by atoms with Crippen molar-refractivity contribution in [3.05, 3.63) is 11.6 Å². The molecule has 5 heterocycles. The van der Waals surface area contributed by atoms with Crippen molar-refractivity contribution in [2.24, 2.45) is 45.3 Å². The van der Waals surface area contributed by atoms with E-state index in [1.807, 2.05) is 13.8 Å². The van der Waals surface area contributed by atoms with E-state index in [0.29, 0.717) is 25.7 Å². The molecule has 89 heavy (non-hydrogen) atoms. The summed E-state index contributed by atoms with van der Waals surface area (Å²) in [5.41, 5.74) is -2.96. The molecule has 9 aliphatic rings. The lowest BCUT2D eigenvalue weighted by Crippen LogP contribution is -2.65. The maximum absolute atomic E-state index is 15.4. The second-order valence-corrected chi connectivity index (χ2v) is 28.5. The smallest absolute Gasteiger partial charge is 0.187 e. The van der Waals surface area contributed by atoms with Gasteiger partial charge in [-0.15, -0.1) is 0 Å². The van der Waals surface area contributed by atoms with Crippen molar-refractivity contribution in [1.82, 2.24) is 0 Å². The van der Waals surface area contributed by atoms with Gasteiger partial charge >= 0.3 is 0 Å². The second kappa shape index (κ2) is 27.4. The number of aliphatic hydroxyl groups excluding tert-OH is 17. The van der Waals surface area contributed by atoms with Crippen molar-refractivity contribution in [3.8, 4) is 0 Å². The Bertz CT molecular complexity index is 2390. The first-order chi connectivity index (χ1) is 41.7. The van der Waals surface area contributed by atoms with Crippen molar-refractivity contribution < 1.29 is 144 Å². The predicted molar refractivity (Wildman–Crippen MR) is 299 cm³/mol. The zero-order valence-corrected chi connectivity index (χ0v) is 51.7. The Morgan fingerprint density at radius 1 is 0.539 bits per heavy atom. The summed E-state index contributed by atoms with van der Waals surface area (Å²) < 4.78 is 59.4. The molecule has 29 heteroatoms. The summed E-state index contributed by atoms with van der Waals surface area (Å²) in [5, 5.41) is 192. The molecule has 34 atom stereocenters. The van der Waals surface area contributed by atoms with Crippen LogP contribution in [-0.2, 0) is 52.2 Å². The molecular formula is C60H100O29. The van der Waals surface area contributed by atoms with Gasteiger partial charge in [-0.3, -0.25) is 4.79 Å². The van der Waals surface area contributed by atoms with Crippen LogP contribution in [0.3, 0.4) is 0 Å². The lowest BCUT2D eigenvalue weighted by atomic mass is 9.38. The van der Waals surface area contributed by atoms with Crippen LogP contribution in [0.1, 0.15) is 107 Å². The molecule has 4 aliphatic carbocycles. The van der Waals surface area contributed by atoms with Crippen LogP contribution in [0.2, 0.25) is 0 Å². The van der Waals surface area contributed by atoms with Crippen LogP contribution in [0.15, 0.2) is 11.6 Å². The van der Waals surface area contributed by atoms with Crippen molar-refractivity contribution in [1.29, 1.82) is 0 Å². The van der Waals surface area contributed by atoms with E-state index in [4.69, 9.17) is 47.4 Å². The average molecular weight is 1290 g/mol. The van der Waals surface area contributed by atoms with Crippen LogP contribution in [-0.4, -0.2) is 302 Å². The summed E-state index contributed by atoms with van der Waals surface area (Å²) in [6, 6.07) is 0. The Kier molecular flexibility index (Phi) is 22.1. The quantitative estimate of drug-likeness (QED) is 0.0507. The Morgan fingerprint density at radius 3 is 1.54 bits per heavy atom. The molecule has 0 aromatic rings. The monoisotopic (exact) mass is 1280 g/mol. The number of Topliss-reactive ketones (excluding diaryl/α,β-unsaturated/α-hetero) is 1. The zero-order chi connectivity index (χ0) is 65.5. The number of ketones is 1. The maximum atomic E-state index is 15.4. The van der Waals surface area contributed by atoms with Crippen LogP contribution in [0.25, 0.3) is 0 Å². The number of hydrogen-bond donors (Lipinski definition) is 18. The second-order valence-electron chi connectivity index (χ2n) is 28.5. The summed E-state index contributed by atoms with van der Waals surface area (Å²) in [4.78, 5) is 15.4. The summed E-state index contributed by atoms with van der Waals surface area (Å²) in [7, 11) is 0. The van der Waals surface area contributed by atoms with Crippen LogP contribution in [0.5, 0.6) is 0 Å². The third-order valence-corrected chi connectivity index (χ3v) is 22.6. The number of aliphatic hydroxyl groups is 18. The van der Waals surface area contributed by atoms with Crippen LogP contribution in [0, 0.1) is 45.3 Å². The van der Waals surface area contributed by atoms with E-state index in [0.717, 1.165) is 18.4 Å². The summed E-state index contributed by atoms with van der Waals surface area (Å²) >= 11 is 0. The highest BCUT2D eigenvalue weighted by molar-refractivity contribution is 5.88. The van der Waals surface area contributed by atoms with E-state index in [9.17, 15) is 91.9 Å². The molecule has 3 unspecified atom stereocenters. The van der Waals surface area contributed by atoms with E-state index < -0.39 is 221 Å². The molecule has 5 saturated heterocycles. The topological polar surface area (TPSA) is 474 Å². The van der Waals surface area contributed by atoms with Gasteiger partial charge in [0, 0.05) is 17.3 Å². The minimum Gasteiger partial charge on any atom is -0.394 e. The van der Waals surface area contributed by atoms with Gasteiger partial charge in [0.1, 0.15) is 128 Å². The third kappa shape index (κ3) is 12.9. The molecule has 0 bridgehead atoms. The number of ether oxygens (including phenoxy) is 10. The van der Waals surface area contributed by atoms with Crippen LogP contribution < -0.4 is 0 Å².